The van der Waals surface area contributed by atoms with Crippen LogP contribution in [0.3, 0.4) is 0 Å². The van der Waals surface area contributed by atoms with Crippen LogP contribution in [0.5, 0.6) is 0 Å². The number of hydrogen-bond donors (Lipinski definition) is 1. The first-order valence-electron chi connectivity index (χ1n) is 13.3. The standard InChI is InChI=1S/C29H25Cl2F6N3O4/c1-15-10-21(30)24(22(31)11-15)23(41)14-39(13-16-2-6-18(7-3-16)28(32,33)34)26(42)20-12-38-40(25(20)29(35,36)37)19-8-4-17(5-9-19)27(43)44/h2-3,6-7,10-12,17,19H,4-5,8-9,13-14H2,1H3,(H,43,44). The Balaban J connectivity index is 1.72. The van der Waals surface area contributed by atoms with E-state index >= 15 is 0 Å². The fourth-order valence-corrected chi connectivity index (χ4v) is 6.06. The second kappa shape index (κ2) is 12.8. The number of alkyl halides is 6. The molecule has 1 heterocycles. The van der Waals surface area contributed by atoms with Crippen LogP contribution in [0, 0.1) is 12.8 Å². The minimum absolute atomic E-state index is 0.0531. The molecule has 0 unspecified atom stereocenters. The summed E-state index contributed by atoms with van der Waals surface area (Å²) in [5.41, 5.74) is -2.68. The number of nitrogens with zero attached hydrogens (tertiary/aromatic N) is 3. The number of carboxylic acids is 1. The Bertz CT molecular complexity index is 1540. The quantitative estimate of drug-likeness (QED) is 0.196. The van der Waals surface area contributed by atoms with Gasteiger partial charge in [-0.25, -0.2) is 0 Å². The van der Waals surface area contributed by atoms with Crippen molar-refractivity contribution >= 4 is 40.9 Å². The normalized spacial score (nSPS) is 17.4. The average Bonchev–Trinajstić information content (AvgIpc) is 3.38. The fourth-order valence-electron chi connectivity index (χ4n) is 5.25. The topological polar surface area (TPSA) is 92.5 Å². The van der Waals surface area contributed by atoms with Crippen LogP contribution in [0.25, 0.3) is 0 Å². The highest BCUT2D eigenvalue weighted by molar-refractivity contribution is 6.40. The second-order valence-corrected chi connectivity index (χ2v) is 11.4. The molecule has 0 radical (unpaired) electrons. The number of halogens is 8. The lowest BCUT2D eigenvalue weighted by molar-refractivity contribution is -0.147. The molecule has 1 saturated carbocycles. The maximum Gasteiger partial charge on any atom is 0.433 e. The van der Waals surface area contributed by atoms with Crippen LogP contribution < -0.4 is 0 Å². The van der Waals surface area contributed by atoms with Crippen molar-refractivity contribution in [3.63, 3.8) is 0 Å². The molecule has 1 fully saturated rings. The predicted molar refractivity (Wildman–Crippen MR) is 148 cm³/mol. The van der Waals surface area contributed by atoms with E-state index in [-0.39, 0.29) is 46.9 Å². The van der Waals surface area contributed by atoms with Crippen molar-refractivity contribution < 1.29 is 45.8 Å². The van der Waals surface area contributed by atoms with E-state index in [1.807, 2.05) is 0 Å². The molecule has 1 aliphatic rings. The molecule has 2 aromatic carbocycles. The second-order valence-electron chi connectivity index (χ2n) is 10.6. The Hall–Kier alpha value is -3.58. The van der Waals surface area contributed by atoms with Crippen molar-refractivity contribution in [2.24, 2.45) is 5.92 Å². The lowest BCUT2D eigenvalue weighted by Gasteiger charge is -2.28. The number of carbonyl (C=O) groups excluding carboxylic acids is 2. The van der Waals surface area contributed by atoms with E-state index < -0.39 is 71.9 Å². The Morgan fingerprint density at radius 3 is 2.02 bits per heavy atom. The van der Waals surface area contributed by atoms with Gasteiger partial charge in [-0.1, -0.05) is 35.3 Å². The minimum Gasteiger partial charge on any atom is -0.481 e. The van der Waals surface area contributed by atoms with E-state index in [0.717, 1.165) is 35.4 Å². The number of Topliss-reactive ketones (excluding diaryl/α,β-unsaturated/α-hetero) is 1. The first-order valence-corrected chi connectivity index (χ1v) is 14.0. The molecule has 0 atom stereocenters. The van der Waals surface area contributed by atoms with Gasteiger partial charge in [-0.15, -0.1) is 0 Å². The van der Waals surface area contributed by atoms with Crippen LogP contribution in [-0.4, -0.2) is 44.0 Å². The molecule has 0 aliphatic heterocycles. The molecule has 1 N–H and O–H groups in total. The van der Waals surface area contributed by atoms with Crippen molar-refractivity contribution in [2.45, 2.75) is 57.5 Å². The van der Waals surface area contributed by atoms with E-state index in [2.05, 4.69) is 5.10 Å². The third-order valence-electron chi connectivity index (χ3n) is 7.43. The van der Waals surface area contributed by atoms with Gasteiger partial charge in [-0.3, -0.25) is 19.1 Å². The molecule has 15 heteroatoms. The molecule has 0 bridgehead atoms. The van der Waals surface area contributed by atoms with Crippen LogP contribution in [0.1, 0.15) is 74.8 Å². The van der Waals surface area contributed by atoms with Crippen LogP contribution in [-0.2, 0) is 23.7 Å². The summed E-state index contributed by atoms with van der Waals surface area (Å²) >= 11 is 12.4. The average molecular weight is 664 g/mol. The molecule has 1 amide bonds. The number of amides is 1. The van der Waals surface area contributed by atoms with Crippen LogP contribution in [0.4, 0.5) is 26.3 Å². The Morgan fingerprint density at radius 1 is 0.955 bits per heavy atom. The Morgan fingerprint density at radius 2 is 1.52 bits per heavy atom. The molecule has 44 heavy (non-hydrogen) atoms. The monoisotopic (exact) mass is 663 g/mol. The summed E-state index contributed by atoms with van der Waals surface area (Å²) in [4.78, 5) is 39.2. The highest BCUT2D eigenvalue weighted by atomic mass is 35.5. The van der Waals surface area contributed by atoms with E-state index in [4.69, 9.17) is 23.2 Å². The number of ketones is 1. The summed E-state index contributed by atoms with van der Waals surface area (Å²) in [6.07, 6.45) is -8.60. The Kier molecular flexibility index (Phi) is 9.69. The summed E-state index contributed by atoms with van der Waals surface area (Å²) in [7, 11) is 0. The van der Waals surface area contributed by atoms with Crippen molar-refractivity contribution in [1.82, 2.24) is 14.7 Å². The van der Waals surface area contributed by atoms with Crippen molar-refractivity contribution in [3.05, 3.63) is 86.2 Å². The first-order chi connectivity index (χ1) is 20.5. The van der Waals surface area contributed by atoms with Gasteiger partial charge in [0.2, 0.25) is 0 Å². The zero-order valence-corrected chi connectivity index (χ0v) is 24.5. The van der Waals surface area contributed by atoms with Gasteiger partial charge >= 0.3 is 18.3 Å². The lowest BCUT2D eigenvalue weighted by Crippen LogP contribution is -2.37. The molecule has 4 rings (SSSR count). The summed E-state index contributed by atoms with van der Waals surface area (Å²) in [6.45, 7) is 0.321. The Labute approximate surface area is 257 Å². The summed E-state index contributed by atoms with van der Waals surface area (Å²) in [5, 5.41) is 13.0. The highest BCUT2D eigenvalue weighted by Gasteiger charge is 2.43. The number of hydrogen-bond acceptors (Lipinski definition) is 4. The largest absolute Gasteiger partial charge is 0.481 e. The maximum absolute atomic E-state index is 14.4. The molecule has 0 saturated heterocycles. The van der Waals surface area contributed by atoms with Gasteiger partial charge in [0, 0.05) is 6.54 Å². The molecule has 1 aliphatic carbocycles. The molecule has 3 aromatic rings. The molecular weight excluding hydrogens is 639 g/mol. The number of carboxylic acid groups (broad SMARTS) is 1. The third-order valence-corrected chi connectivity index (χ3v) is 8.02. The van der Waals surface area contributed by atoms with Gasteiger partial charge in [0.05, 0.1) is 51.4 Å². The zero-order chi connectivity index (χ0) is 32.6. The highest BCUT2D eigenvalue weighted by Crippen LogP contribution is 2.39. The number of carbonyl (C=O) groups is 3. The summed E-state index contributed by atoms with van der Waals surface area (Å²) in [5.74, 6) is -3.82. The number of aliphatic carboxylic acids is 1. The van der Waals surface area contributed by atoms with Gasteiger partial charge in [0.1, 0.15) is 0 Å². The van der Waals surface area contributed by atoms with Crippen LogP contribution >= 0.6 is 23.2 Å². The number of rotatable bonds is 8. The number of benzene rings is 2. The lowest BCUT2D eigenvalue weighted by atomic mass is 9.86. The van der Waals surface area contributed by atoms with Crippen molar-refractivity contribution in [3.8, 4) is 0 Å². The third kappa shape index (κ3) is 7.37. The fraction of sp³-hybridized carbons (Fsp3) is 0.379. The predicted octanol–water partition coefficient (Wildman–Crippen LogP) is 7.88. The van der Waals surface area contributed by atoms with Gasteiger partial charge < -0.3 is 10.0 Å². The number of aryl methyl sites for hydroxylation is 1. The molecule has 1 aromatic heterocycles. The van der Waals surface area contributed by atoms with Gasteiger partial charge in [0.25, 0.3) is 5.91 Å². The molecule has 0 spiro atoms. The van der Waals surface area contributed by atoms with E-state index in [1.54, 1.807) is 6.92 Å². The van der Waals surface area contributed by atoms with Gasteiger partial charge in [-0.2, -0.15) is 31.4 Å². The molecular formula is C29H25Cl2F6N3O4. The number of aromatic nitrogens is 2. The maximum atomic E-state index is 14.4. The van der Waals surface area contributed by atoms with Gasteiger partial charge in [-0.05, 0) is 68.0 Å². The minimum atomic E-state index is -5.07. The first kappa shape index (κ1) is 33.3. The van der Waals surface area contributed by atoms with E-state index in [9.17, 15) is 45.8 Å². The van der Waals surface area contributed by atoms with E-state index in [1.165, 1.54) is 12.1 Å². The zero-order valence-electron chi connectivity index (χ0n) is 23.0. The van der Waals surface area contributed by atoms with Crippen LogP contribution in [0.2, 0.25) is 10.0 Å². The van der Waals surface area contributed by atoms with Gasteiger partial charge in [0.15, 0.2) is 11.5 Å². The summed E-state index contributed by atoms with van der Waals surface area (Å²) < 4.78 is 83.3. The molecule has 7 nitrogen and oxygen atoms in total. The van der Waals surface area contributed by atoms with Crippen molar-refractivity contribution in [1.29, 1.82) is 0 Å². The van der Waals surface area contributed by atoms with E-state index in [0.29, 0.717) is 10.2 Å². The SMILES string of the molecule is Cc1cc(Cl)c(C(=O)CN(Cc2ccc(C(F)(F)F)cc2)C(=O)c2cnn(C3CCC(C(=O)O)CC3)c2C(F)(F)F)c(Cl)c1. The molecule has 236 valence electrons. The smallest absolute Gasteiger partial charge is 0.433 e. The van der Waals surface area contributed by atoms with Crippen LogP contribution in [0.15, 0.2) is 42.6 Å². The summed E-state index contributed by atoms with van der Waals surface area (Å²) in [6, 6.07) is 5.64. The van der Waals surface area contributed by atoms with Crippen molar-refractivity contribution in [2.75, 3.05) is 6.54 Å².